The highest BCUT2D eigenvalue weighted by atomic mass is 16.3. The minimum Gasteiger partial charge on any atom is -0.508 e. The van der Waals surface area contributed by atoms with Gasteiger partial charge in [0.05, 0.1) is 0 Å². The molecule has 0 radical (unpaired) electrons. The van der Waals surface area contributed by atoms with E-state index in [1.165, 1.54) is 0 Å². The van der Waals surface area contributed by atoms with E-state index in [9.17, 15) is 5.11 Å². The van der Waals surface area contributed by atoms with Gasteiger partial charge in [0.25, 0.3) is 0 Å². The van der Waals surface area contributed by atoms with Crippen molar-refractivity contribution < 1.29 is 5.11 Å². The number of phenolic OH excluding ortho intramolecular Hbond substituents is 1. The van der Waals surface area contributed by atoms with Gasteiger partial charge in [-0.3, -0.25) is 0 Å². The van der Waals surface area contributed by atoms with Gasteiger partial charge < -0.3 is 10.4 Å². The van der Waals surface area contributed by atoms with Crippen molar-refractivity contribution >= 4 is 0 Å². The number of aromatic hydroxyl groups is 1. The van der Waals surface area contributed by atoms with E-state index in [1.54, 1.807) is 6.07 Å². The van der Waals surface area contributed by atoms with Crippen molar-refractivity contribution in [2.45, 2.75) is 26.2 Å². The number of hydrogen-bond acceptors (Lipinski definition) is 2. The topological polar surface area (TPSA) is 32.3 Å². The van der Waals surface area contributed by atoms with E-state index in [0.29, 0.717) is 11.7 Å². The molecular weight excluding hydrogens is 186 g/mol. The van der Waals surface area contributed by atoms with Gasteiger partial charge in [-0.05, 0) is 35.9 Å². The van der Waals surface area contributed by atoms with E-state index in [0.717, 1.165) is 25.1 Å². The lowest BCUT2D eigenvalue weighted by atomic mass is 9.71. The summed E-state index contributed by atoms with van der Waals surface area (Å²) < 4.78 is 0. The zero-order valence-corrected chi connectivity index (χ0v) is 9.46. The number of hydrogen-bond donors (Lipinski definition) is 2. The Balaban J connectivity index is 2.33. The predicted octanol–water partition coefficient (Wildman–Crippen LogP) is 2.50. The molecule has 0 bridgehead atoms. The van der Waals surface area contributed by atoms with Crippen LogP contribution >= 0.6 is 0 Å². The van der Waals surface area contributed by atoms with Crippen molar-refractivity contribution in [3.63, 3.8) is 0 Å². The maximum atomic E-state index is 9.87. The van der Waals surface area contributed by atoms with Gasteiger partial charge in [-0.2, -0.15) is 0 Å². The number of nitrogens with one attached hydrogen (secondary N) is 1. The Morgan fingerprint density at radius 3 is 2.73 bits per heavy atom. The SMILES string of the molecule is CC1(C)CNCCC1c1ccccc1O. The molecule has 1 heterocycles. The first-order valence-corrected chi connectivity index (χ1v) is 5.60. The highest BCUT2D eigenvalue weighted by Crippen LogP contribution is 2.42. The molecule has 1 saturated heterocycles. The van der Waals surface area contributed by atoms with Crippen LogP contribution in [0, 0.1) is 5.41 Å². The molecule has 1 unspecified atom stereocenters. The smallest absolute Gasteiger partial charge is 0.119 e. The van der Waals surface area contributed by atoms with E-state index >= 15 is 0 Å². The van der Waals surface area contributed by atoms with E-state index < -0.39 is 0 Å². The van der Waals surface area contributed by atoms with Gasteiger partial charge >= 0.3 is 0 Å². The van der Waals surface area contributed by atoms with Crippen LogP contribution < -0.4 is 5.32 Å². The van der Waals surface area contributed by atoms with Crippen molar-refractivity contribution in [2.75, 3.05) is 13.1 Å². The number of phenols is 1. The molecule has 15 heavy (non-hydrogen) atoms. The Morgan fingerprint density at radius 2 is 2.07 bits per heavy atom. The van der Waals surface area contributed by atoms with E-state index in [4.69, 9.17) is 0 Å². The lowest BCUT2D eigenvalue weighted by Crippen LogP contribution is -2.41. The predicted molar refractivity (Wildman–Crippen MR) is 62.1 cm³/mol. The summed E-state index contributed by atoms with van der Waals surface area (Å²) in [5.41, 5.74) is 1.32. The van der Waals surface area contributed by atoms with Crippen molar-refractivity contribution in [3.05, 3.63) is 29.8 Å². The third-order valence-electron chi connectivity index (χ3n) is 3.45. The lowest BCUT2D eigenvalue weighted by Gasteiger charge is -2.39. The summed E-state index contributed by atoms with van der Waals surface area (Å²) in [5.74, 6) is 0.900. The van der Waals surface area contributed by atoms with E-state index in [1.807, 2.05) is 18.2 Å². The fourth-order valence-corrected chi connectivity index (χ4v) is 2.53. The average molecular weight is 205 g/mol. The first kappa shape index (κ1) is 10.5. The maximum Gasteiger partial charge on any atom is 0.119 e. The average Bonchev–Trinajstić information content (AvgIpc) is 2.19. The second-order valence-electron chi connectivity index (χ2n) is 5.07. The third kappa shape index (κ3) is 2.00. The molecule has 2 heteroatoms. The molecule has 0 amide bonds. The Bertz CT molecular complexity index is 346. The van der Waals surface area contributed by atoms with Crippen molar-refractivity contribution in [1.82, 2.24) is 5.32 Å². The van der Waals surface area contributed by atoms with Crippen molar-refractivity contribution in [2.24, 2.45) is 5.41 Å². The normalized spacial score (nSPS) is 25.1. The summed E-state index contributed by atoms with van der Waals surface area (Å²) >= 11 is 0. The summed E-state index contributed by atoms with van der Waals surface area (Å²) in [6.45, 7) is 6.58. The number of rotatable bonds is 1. The lowest BCUT2D eigenvalue weighted by molar-refractivity contribution is 0.215. The molecule has 0 aromatic heterocycles. The molecule has 1 aliphatic rings. The first-order chi connectivity index (χ1) is 7.11. The van der Waals surface area contributed by atoms with Crippen LogP contribution in [0.4, 0.5) is 0 Å². The molecule has 1 aromatic rings. The van der Waals surface area contributed by atoms with Crippen molar-refractivity contribution in [3.8, 4) is 5.75 Å². The Kier molecular flexibility index (Phi) is 2.70. The van der Waals surface area contributed by atoms with Gasteiger partial charge in [-0.1, -0.05) is 32.0 Å². The summed E-state index contributed by atoms with van der Waals surface area (Å²) in [5, 5.41) is 13.3. The van der Waals surface area contributed by atoms with Crippen molar-refractivity contribution in [1.29, 1.82) is 0 Å². The molecular formula is C13H19NO. The summed E-state index contributed by atoms with van der Waals surface area (Å²) in [6, 6.07) is 7.72. The molecule has 1 aromatic carbocycles. The Labute approximate surface area is 91.3 Å². The molecule has 2 N–H and O–H groups in total. The van der Waals surface area contributed by atoms with Crippen LogP contribution in [0.25, 0.3) is 0 Å². The van der Waals surface area contributed by atoms with Crippen LogP contribution in [0.5, 0.6) is 5.75 Å². The molecule has 0 saturated carbocycles. The van der Waals surface area contributed by atoms with Crippen LogP contribution in [0.1, 0.15) is 31.7 Å². The summed E-state index contributed by atoms with van der Waals surface area (Å²) in [7, 11) is 0. The van der Waals surface area contributed by atoms with Gasteiger partial charge in [0.1, 0.15) is 5.75 Å². The minimum atomic E-state index is 0.219. The van der Waals surface area contributed by atoms with E-state index in [-0.39, 0.29) is 5.41 Å². The second kappa shape index (κ2) is 3.86. The van der Waals surface area contributed by atoms with Crippen LogP contribution in [0.3, 0.4) is 0 Å². The first-order valence-electron chi connectivity index (χ1n) is 5.60. The summed E-state index contributed by atoms with van der Waals surface area (Å²) in [4.78, 5) is 0. The molecule has 1 fully saturated rings. The van der Waals surface area contributed by atoms with Gasteiger partial charge in [0.15, 0.2) is 0 Å². The largest absolute Gasteiger partial charge is 0.508 e. The molecule has 82 valence electrons. The quantitative estimate of drug-likeness (QED) is 0.738. The summed E-state index contributed by atoms with van der Waals surface area (Å²) in [6.07, 6.45) is 1.10. The van der Waals surface area contributed by atoms with Gasteiger partial charge in [-0.25, -0.2) is 0 Å². The zero-order valence-electron chi connectivity index (χ0n) is 9.46. The monoisotopic (exact) mass is 205 g/mol. The fourth-order valence-electron chi connectivity index (χ4n) is 2.53. The second-order valence-corrected chi connectivity index (χ2v) is 5.07. The third-order valence-corrected chi connectivity index (χ3v) is 3.45. The molecule has 0 aliphatic carbocycles. The number of benzene rings is 1. The number of piperidine rings is 1. The zero-order chi connectivity index (χ0) is 10.9. The minimum absolute atomic E-state index is 0.219. The molecule has 2 rings (SSSR count). The fraction of sp³-hybridized carbons (Fsp3) is 0.538. The van der Waals surface area contributed by atoms with Gasteiger partial charge in [-0.15, -0.1) is 0 Å². The molecule has 0 spiro atoms. The van der Waals surface area contributed by atoms with Crippen LogP contribution in [-0.4, -0.2) is 18.2 Å². The highest BCUT2D eigenvalue weighted by molar-refractivity contribution is 5.36. The van der Waals surface area contributed by atoms with E-state index in [2.05, 4.69) is 19.2 Å². The Morgan fingerprint density at radius 1 is 1.33 bits per heavy atom. The van der Waals surface area contributed by atoms with Gasteiger partial charge in [0.2, 0.25) is 0 Å². The van der Waals surface area contributed by atoms with Crippen LogP contribution in [-0.2, 0) is 0 Å². The van der Waals surface area contributed by atoms with Crippen LogP contribution in [0.2, 0.25) is 0 Å². The van der Waals surface area contributed by atoms with Gasteiger partial charge in [0, 0.05) is 6.54 Å². The highest BCUT2D eigenvalue weighted by Gasteiger charge is 2.34. The number of para-hydroxylation sites is 1. The standard InChI is InChI=1S/C13H19NO/c1-13(2)9-14-8-7-11(13)10-5-3-4-6-12(10)15/h3-6,11,14-15H,7-9H2,1-2H3. The Hall–Kier alpha value is -1.02. The van der Waals surface area contributed by atoms with Crippen LogP contribution in [0.15, 0.2) is 24.3 Å². The molecule has 1 atom stereocenters. The molecule has 1 aliphatic heterocycles. The molecule has 2 nitrogen and oxygen atoms in total. The maximum absolute atomic E-state index is 9.87.